The molecule has 0 amide bonds. The predicted molar refractivity (Wildman–Crippen MR) is 110 cm³/mol. The first-order valence-corrected chi connectivity index (χ1v) is 8.27. The number of aliphatic hydroxyl groups is 1. The van der Waals surface area contributed by atoms with Gasteiger partial charge in [-0.05, 0) is 35.7 Å². The monoisotopic (exact) mass is 458 g/mol. The average molecular weight is 458 g/mol. The van der Waals surface area contributed by atoms with Gasteiger partial charge in [-0.1, -0.05) is 13.8 Å². The zero-order valence-corrected chi connectivity index (χ0v) is 17.0. The van der Waals surface area contributed by atoms with Crippen molar-refractivity contribution in [1.29, 1.82) is 0 Å². The molecule has 0 radical (unpaired) electrons. The van der Waals surface area contributed by atoms with E-state index >= 15 is 0 Å². The van der Waals surface area contributed by atoms with Gasteiger partial charge in [0.1, 0.15) is 5.76 Å². The molecule has 2 rings (SSSR count). The van der Waals surface area contributed by atoms with Crippen LogP contribution in [0.1, 0.15) is 31.3 Å². The molecule has 3 N–H and O–H groups in total. The van der Waals surface area contributed by atoms with Crippen LogP contribution >= 0.6 is 24.0 Å². The topological polar surface area (TPSA) is 82.7 Å². The Morgan fingerprint density at radius 3 is 2.64 bits per heavy atom. The minimum absolute atomic E-state index is 0. The molecular formula is C18H27IN4O2. The van der Waals surface area contributed by atoms with Gasteiger partial charge in [0.2, 0.25) is 0 Å². The molecule has 0 aliphatic rings. The second kappa shape index (κ2) is 11.9. The maximum Gasteiger partial charge on any atom is 0.191 e. The van der Waals surface area contributed by atoms with Gasteiger partial charge in [0.15, 0.2) is 5.96 Å². The summed E-state index contributed by atoms with van der Waals surface area (Å²) in [7, 11) is 0. The lowest BCUT2D eigenvalue weighted by atomic mass is 10.1. The molecule has 0 aromatic carbocycles. The van der Waals surface area contributed by atoms with Crippen molar-refractivity contribution in [2.75, 3.05) is 19.6 Å². The zero-order chi connectivity index (χ0) is 17.2. The third kappa shape index (κ3) is 8.35. The Morgan fingerprint density at radius 2 is 2.00 bits per heavy atom. The van der Waals surface area contributed by atoms with Crippen molar-refractivity contribution >= 4 is 29.9 Å². The molecule has 138 valence electrons. The number of aliphatic imine (C=N–C) groups is 1. The number of aliphatic hydroxyl groups excluding tert-OH is 1. The standard InChI is InChI=1S/C18H26N4O2.HI/c1-14(2)12-21-18(20-10-7-16-4-3-11-24-16)22-13-17(23)15-5-8-19-9-6-15;/h3-6,8-9,11,14,17,23H,7,10,12-13H2,1-2H3,(H2,20,21,22);1H. The molecule has 0 saturated heterocycles. The number of hydrogen-bond acceptors (Lipinski definition) is 4. The van der Waals surface area contributed by atoms with E-state index in [1.807, 2.05) is 24.3 Å². The van der Waals surface area contributed by atoms with E-state index < -0.39 is 6.10 Å². The first-order chi connectivity index (χ1) is 11.6. The molecule has 25 heavy (non-hydrogen) atoms. The Kier molecular flexibility index (Phi) is 10.2. The highest BCUT2D eigenvalue weighted by Gasteiger charge is 2.08. The predicted octanol–water partition coefficient (Wildman–Crippen LogP) is 2.76. The Bertz CT molecular complexity index is 603. The highest BCUT2D eigenvalue weighted by atomic mass is 127. The van der Waals surface area contributed by atoms with Crippen LogP contribution in [0.5, 0.6) is 0 Å². The van der Waals surface area contributed by atoms with Crippen LogP contribution < -0.4 is 10.6 Å². The van der Waals surface area contributed by atoms with Crippen molar-refractivity contribution in [1.82, 2.24) is 15.6 Å². The summed E-state index contributed by atoms with van der Waals surface area (Å²) in [6.45, 7) is 6.06. The van der Waals surface area contributed by atoms with Crippen molar-refractivity contribution in [3.63, 3.8) is 0 Å². The van der Waals surface area contributed by atoms with E-state index in [9.17, 15) is 5.11 Å². The minimum atomic E-state index is -0.607. The molecule has 0 bridgehead atoms. The normalized spacial score (nSPS) is 12.6. The van der Waals surface area contributed by atoms with Crippen LogP contribution in [0.25, 0.3) is 0 Å². The van der Waals surface area contributed by atoms with E-state index in [-0.39, 0.29) is 24.0 Å². The highest BCUT2D eigenvalue weighted by Crippen LogP contribution is 2.09. The van der Waals surface area contributed by atoms with Crippen LogP contribution in [0, 0.1) is 5.92 Å². The Morgan fingerprint density at radius 1 is 1.24 bits per heavy atom. The average Bonchev–Trinajstić information content (AvgIpc) is 3.10. The lowest BCUT2D eigenvalue weighted by Gasteiger charge is -2.16. The van der Waals surface area contributed by atoms with Crippen LogP contribution in [-0.4, -0.2) is 35.7 Å². The molecule has 2 heterocycles. The van der Waals surface area contributed by atoms with Crippen molar-refractivity contribution < 1.29 is 9.52 Å². The lowest BCUT2D eigenvalue weighted by Crippen LogP contribution is -2.40. The summed E-state index contributed by atoms with van der Waals surface area (Å²) in [6, 6.07) is 7.45. The molecule has 2 aromatic rings. The van der Waals surface area contributed by atoms with Crippen LogP contribution in [0.2, 0.25) is 0 Å². The van der Waals surface area contributed by atoms with Gasteiger partial charge in [0.25, 0.3) is 0 Å². The molecule has 6 nitrogen and oxygen atoms in total. The fourth-order valence-corrected chi connectivity index (χ4v) is 2.10. The number of rotatable bonds is 8. The fraction of sp³-hybridized carbons (Fsp3) is 0.444. The SMILES string of the molecule is CC(C)CN=C(NCCc1ccco1)NCC(O)c1ccncc1.I. The van der Waals surface area contributed by atoms with E-state index in [1.54, 1.807) is 18.7 Å². The van der Waals surface area contributed by atoms with Crippen molar-refractivity contribution in [3.8, 4) is 0 Å². The Balaban J connectivity index is 0.00000312. The Labute approximate surface area is 166 Å². The number of nitrogens with zero attached hydrogens (tertiary/aromatic N) is 2. The van der Waals surface area contributed by atoms with Crippen molar-refractivity contribution in [2.45, 2.75) is 26.4 Å². The molecule has 0 aliphatic heterocycles. The van der Waals surface area contributed by atoms with E-state index in [4.69, 9.17) is 4.42 Å². The van der Waals surface area contributed by atoms with Crippen molar-refractivity contribution in [2.24, 2.45) is 10.9 Å². The number of aromatic nitrogens is 1. The van der Waals surface area contributed by atoms with E-state index in [0.717, 1.165) is 24.3 Å². The van der Waals surface area contributed by atoms with Gasteiger partial charge in [-0.15, -0.1) is 24.0 Å². The minimum Gasteiger partial charge on any atom is -0.469 e. The van der Waals surface area contributed by atoms with Gasteiger partial charge in [-0.3, -0.25) is 9.98 Å². The summed E-state index contributed by atoms with van der Waals surface area (Å²) in [6.07, 6.45) is 5.19. The number of halogens is 1. The summed E-state index contributed by atoms with van der Waals surface area (Å²) in [5.41, 5.74) is 0.830. The van der Waals surface area contributed by atoms with Gasteiger partial charge in [0.05, 0.1) is 12.4 Å². The number of pyridine rings is 1. The molecule has 0 saturated carbocycles. The second-order valence-electron chi connectivity index (χ2n) is 6.02. The first-order valence-electron chi connectivity index (χ1n) is 8.27. The summed E-state index contributed by atoms with van der Waals surface area (Å²) in [5.74, 6) is 2.10. The van der Waals surface area contributed by atoms with E-state index in [0.29, 0.717) is 25.0 Å². The molecule has 0 spiro atoms. The van der Waals surface area contributed by atoms with Gasteiger partial charge < -0.3 is 20.2 Å². The van der Waals surface area contributed by atoms with Gasteiger partial charge in [-0.2, -0.15) is 0 Å². The summed E-state index contributed by atoms with van der Waals surface area (Å²) in [4.78, 5) is 8.51. The summed E-state index contributed by atoms with van der Waals surface area (Å²) >= 11 is 0. The van der Waals surface area contributed by atoms with Crippen molar-refractivity contribution in [3.05, 3.63) is 54.2 Å². The Hall–Kier alpha value is -1.61. The largest absolute Gasteiger partial charge is 0.469 e. The van der Waals surface area contributed by atoms with E-state index in [1.165, 1.54) is 0 Å². The van der Waals surface area contributed by atoms with Gasteiger partial charge >= 0.3 is 0 Å². The number of hydrogen-bond donors (Lipinski definition) is 3. The van der Waals surface area contributed by atoms with Crippen LogP contribution in [0.3, 0.4) is 0 Å². The van der Waals surface area contributed by atoms with Crippen LogP contribution in [0.4, 0.5) is 0 Å². The third-order valence-corrected chi connectivity index (χ3v) is 3.41. The molecule has 0 fully saturated rings. The molecule has 1 unspecified atom stereocenters. The van der Waals surface area contributed by atoms with Crippen LogP contribution in [-0.2, 0) is 6.42 Å². The molecule has 7 heteroatoms. The fourth-order valence-electron chi connectivity index (χ4n) is 2.10. The van der Waals surface area contributed by atoms with Gasteiger partial charge in [-0.25, -0.2) is 0 Å². The quantitative estimate of drug-likeness (QED) is 0.322. The maximum absolute atomic E-state index is 10.2. The molecular weight excluding hydrogens is 431 g/mol. The van der Waals surface area contributed by atoms with Crippen LogP contribution in [0.15, 0.2) is 52.3 Å². The molecule has 0 aliphatic carbocycles. The number of nitrogens with one attached hydrogen (secondary N) is 2. The summed E-state index contributed by atoms with van der Waals surface area (Å²) < 4.78 is 5.32. The number of furan rings is 1. The molecule has 1 atom stereocenters. The highest BCUT2D eigenvalue weighted by molar-refractivity contribution is 14.0. The third-order valence-electron chi connectivity index (χ3n) is 3.41. The number of guanidine groups is 1. The smallest absolute Gasteiger partial charge is 0.191 e. The molecule has 2 aromatic heterocycles. The lowest BCUT2D eigenvalue weighted by molar-refractivity contribution is 0.180. The first kappa shape index (κ1) is 21.4. The maximum atomic E-state index is 10.2. The van der Waals surface area contributed by atoms with E-state index in [2.05, 4.69) is 34.5 Å². The summed E-state index contributed by atoms with van der Waals surface area (Å²) in [5, 5.41) is 16.7. The van der Waals surface area contributed by atoms with Gasteiger partial charge in [0, 0.05) is 38.4 Å². The zero-order valence-electron chi connectivity index (χ0n) is 14.7. The second-order valence-corrected chi connectivity index (χ2v) is 6.02.